The third-order valence-corrected chi connectivity index (χ3v) is 7.15. The lowest BCUT2D eigenvalue weighted by Crippen LogP contribution is -2.29. The van der Waals surface area contributed by atoms with Crippen LogP contribution >= 0.6 is 7.82 Å². The van der Waals surface area contributed by atoms with Gasteiger partial charge in [0.15, 0.2) is 0 Å². The van der Waals surface area contributed by atoms with Crippen molar-refractivity contribution in [2.45, 2.75) is 49.5 Å². The molecule has 41 heavy (non-hydrogen) atoms. The Bertz CT molecular complexity index is 1580. The van der Waals surface area contributed by atoms with E-state index in [0.29, 0.717) is 0 Å². The highest BCUT2D eigenvalue weighted by atomic mass is 31.2. The quantitative estimate of drug-likeness (QED) is 0.167. The molecule has 6 atom stereocenters. The molecular weight excluding hydrogens is 567 g/mol. The number of aliphatic hydroxyl groups excluding tert-OH is 2. The van der Waals surface area contributed by atoms with Crippen LogP contribution in [-0.2, 0) is 37.2 Å². The second kappa shape index (κ2) is 12.5. The molecule has 5 N–H and O–H groups in total. The fourth-order valence-corrected chi connectivity index (χ4v) is 4.68. The van der Waals surface area contributed by atoms with E-state index < -0.39 is 80.2 Å². The summed E-state index contributed by atoms with van der Waals surface area (Å²) < 4.78 is 35.6. The van der Waals surface area contributed by atoms with Gasteiger partial charge in [-0.1, -0.05) is 23.7 Å². The van der Waals surface area contributed by atoms with Crippen molar-refractivity contribution in [1.82, 2.24) is 19.1 Å². The number of nitrogens with zero attached hydrogens (tertiary/aromatic N) is 2. The highest BCUT2D eigenvalue weighted by Gasteiger charge is 2.38. The van der Waals surface area contributed by atoms with E-state index in [2.05, 4.69) is 33.6 Å². The lowest BCUT2D eigenvalue weighted by atomic mass is 10.1. The Kier molecular flexibility index (Phi) is 9.28. The van der Waals surface area contributed by atoms with Gasteiger partial charge in [-0.2, -0.15) is 0 Å². The summed E-state index contributed by atoms with van der Waals surface area (Å²) in [5, 5.41) is 20.5. The normalized spacial score (nSPS) is 25.8. The average molecular weight is 594 g/mol. The average Bonchev–Trinajstić information content (AvgIpc) is 3.45. The Hall–Kier alpha value is -3.57. The number of phosphoric acid groups is 1. The van der Waals surface area contributed by atoms with E-state index in [1.165, 1.54) is 26.5 Å². The minimum absolute atomic E-state index is 0.0170. The van der Waals surface area contributed by atoms with Crippen LogP contribution in [0.5, 0.6) is 0 Å². The molecule has 4 rings (SSSR count). The van der Waals surface area contributed by atoms with Crippen LogP contribution in [0.3, 0.4) is 0 Å². The molecule has 0 radical (unpaired) electrons. The van der Waals surface area contributed by atoms with E-state index in [0.717, 1.165) is 9.13 Å². The molecule has 0 aromatic carbocycles. The number of aliphatic hydroxyl groups is 2. The predicted molar refractivity (Wildman–Crippen MR) is 139 cm³/mol. The zero-order valence-electron chi connectivity index (χ0n) is 21.8. The molecule has 2 aliphatic rings. The number of ether oxygens (including phenoxy) is 2. The zero-order valence-corrected chi connectivity index (χ0v) is 22.7. The Morgan fingerprint density at radius 1 is 0.854 bits per heavy atom. The Balaban J connectivity index is 1.27. The van der Waals surface area contributed by atoms with Crippen LogP contribution in [0.4, 0.5) is 0 Å². The highest BCUT2D eigenvalue weighted by Crippen LogP contribution is 2.44. The summed E-state index contributed by atoms with van der Waals surface area (Å²) in [5.41, 5.74) is -2.51. The van der Waals surface area contributed by atoms with E-state index in [9.17, 15) is 38.8 Å². The summed E-state index contributed by atoms with van der Waals surface area (Å²) in [5.74, 6) is 10.5. The molecule has 0 unspecified atom stereocenters. The van der Waals surface area contributed by atoms with Crippen molar-refractivity contribution < 1.29 is 38.2 Å². The zero-order chi connectivity index (χ0) is 29.9. The highest BCUT2D eigenvalue weighted by molar-refractivity contribution is 7.47. The van der Waals surface area contributed by atoms with Gasteiger partial charge < -0.3 is 33.7 Å². The molecular formula is C24H27N4O12P. The monoisotopic (exact) mass is 594 g/mol. The van der Waals surface area contributed by atoms with Crippen molar-refractivity contribution in [2.24, 2.45) is 14.1 Å². The van der Waals surface area contributed by atoms with Gasteiger partial charge in [-0.15, -0.1) is 0 Å². The molecule has 17 heteroatoms. The minimum atomic E-state index is -4.66. The van der Waals surface area contributed by atoms with Gasteiger partial charge in [-0.05, 0) is 0 Å². The topological polar surface area (TPSA) is 224 Å². The summed E-state index contributed by atoms with van der Waals surface area (Å²) >= 11 is 0. The van der Waals surface area contributed by atoms with Gasteiger partial charge in [0, 0.05) is 39.3 Å². The second-order valence-electron chi connectivity index (χ2n) is 9.36. The number of aromatic nitrogens is 4. The molecule has 2 saturated heterocycles. The smallest absolute Gasteiger partial charge is 0.390 e. The first-order valence-electron chi connectivity index (χ1n) is 12.2. The lowest BCUT2D eigenvalue weighted by Gasteiger charge is -2.19. The van der Waals surface area contributed by atoms with E-state index in [4.69, 9.17) is 18.5 Å². The van der Waals surface area contributed by atoms with Crippen LogP contribution in [-0.4, -0.2) is 84.0 Å². The Labute approximate surface area is 231 Å². The molecule has 2 fully saturated rings. The predicted octanol–water partition coefficient (Wildman–Crippen LogP) is -2.97. The van der Waals surface area contributed by atoms with Crippen LogP contribution in [0.2, 0.25) is 0 Å². The van der Waals surface area contributed by atoms with Crippen molar-refractivity contribution in [2.75, 3.05) is 13.2 Å². The number of H-pyrrole nitrogens is 2. The molecule has 220 valence electrons. The maximum absolute atomic E-state index is 12.4. The van der Waals surface area contributed by atoms with Crippen LogP contribution in [0.15, 0.2) is 31.6 Å². The largest absolute Gasteiger partial charge is 0.472 e. The number of aromatic amines is 2. The van der Waals surface area contributed by atoms with Crippen LogP contribution in [0.25, 0.3) is 0 Å². The molecule has 4 heterocycles. The number of aryl methyl sites for hydroxylation is 2. The van der Waals surface area contributed by atoms with E-state index in [1.54, 1.807) is 0 Å². The van der Waals surface area contributed by atoms with Crippen molar-refractivity contribution in [3.05, 3.63) is 65.2 Å². The molecule has 2 aromatic heterocycles. The van der Waals surface area contributed by atoms with Gasteiger partial charge in [-0.3, -0.25) is 28.6 Å². The van der Waals surface area contributed by atoms with Crippen molar-refractivity contribution in [3.63, 3.8) is 0 Å². The maximum Gasteiger partial charge on any atom is 0.472 e. The third-order valence-electron chi connectivity index (χ3n) is 6.20. The third kappa shape index (κ3) is 7.80. The molecule has 0 bridgehead atoms. The maximum atomic E-state index is 12.4. The molecule has 2 aromatic rings. The first-order valence-corrected chi connectivity index (χ1v) is 13.7. The van der Waals surface area contributed by atoms with Crippen LogP contribution in [0, 0.1) is 23.7 Å². The fourth-order valence-electron chi connectivity index (χ4n) is 3.94. The van der Waals surface area contributed by atoms with Crippen molar-refractivity contribution in [3.8, 4) is 23.7 Å². The fraction of sp³-hybridized carbons (Fsp3) is 0.500. The first kappa shape index (κ1) is 30.4. The molecule has 2 aliphatic heterocycles. The van der Waals surface area contributed by atoms with Gasteiger partial charge in [0.05, 0.1) is 25.4 Å². The van der Waals surface area contributed by atoms with Crippen LogP contribution in [0.1, 0.15) is 24.0 Å². The number of hydrogen-bond donors (Lipinski definition) is 5. The summed E-state index contributed by atoms with van der Waals surface area (Å²) in [6.07, 6.45) is -3.26. The van der Waals surface area contributed by atoms with E-state index in [-0.39, 0.29) is 24.0 Å². The number of hydrogen-bond acceptors (Lipinski definition) is 11. The van der Waals surface area contributed by atoms with Crippen LogP contribution < -0.4 is 22.5 Å². The van der Waals surface area contributed by atoms with E-state index in [1.807, 2.05) is 0 Å². The van der Waals surface area contributed by atoms with Gasteiger partial charge >= 0.3 is 19.2 Å². The van der Waals surface area contributed by atoms with Crippen molar-refractivity contribution >= 4 is 7.82 Å². The summed E-state index contributed by atoms with van der Waals surface area (Å²) in [7, 11) is -1.78. The molecule has 0 aliphatic carbocycles. The summed E-state index contributed by atoms with van der Waals surface area (Å²) in [4.78, 5) is 60.8. The van der Waals surface area contributed by atoms with E-state index >= 15 is 0 Å². The first-order chi connectivity index (χ1) is 19.3. The second-order valence-corrected chi connectivity index (χ2v) is 10.8. The number of rotatable bonds is 6. The molecule has 0 saturated carbocycles. The SMILES string of the molecule is Cn1cc(C#C[C@H]2C[C@H](O)[C@@H](COP(=O)(O)OC[C@H]3O[C@@H](C#Cc4cn(C)c(=O)[nH]c4=O)C[C@@H]3O)O2)c(=O)[nH]c1=O. The Morgan fingerprint density at radius 3 is 1.63 bits per heavy atom. The standard InChI is InChI=1S/C24H27N4O12P/c1-27-9-13(21(31)25-23(27)33)3-5-15-7-17(29)19(39-15)11-37-41(35,36)38-12-20-18(30)8-16(40-20)6-4-14-10-28(2)24(34)26-22(14)32/h9-10,15-20,29-30H,7-8,11-12H2,1-2H3,(H,35,36)(H,25,31,33)(H,26,32,34)/t15-,16-,17-,18-,19+,20+/m0/s1. The van der Waals surface area contributed by atoms with Crippen molar-refractivity contribution in [1.29, 1.82) is 0 Å². The van der Waals surface area contributed by atoms with Gasteiger partial charge in [-0.25, -0.2) is 14.2 Å². The summed E-state index contributed by atoms with van der Waals surface area (Å²) in [6, 6.07) is 0. The van der Waals surface area contributed by atoms with Gasteiger partial charge in [0.25, 0.3) is 11.1 Å². The number of phosphoric ester groups is 1. The summed E-state index contributed by atoms with van der Waals surface area (Å²) in [6.45, 7) is -1.05. The molecule has 0 spiro atoms. The molecule has 0 amide bonds. The van der Waals surface area contributed by atoms with Gasteiger partial charge in [0.2, 0.25) is 0 Å². The van der Waals surface area contributed by atoms with Gasteiger partial charge in [0.1, 0.15) is 35.5 Å². The lowest BCUT2D eigenvalue weighted by molar-refractivity contribution is -0.0268. The Morgan fingerprint density at radius 2 is 1.24 bits per heavy atom. The molecule has 16 nitrogen and oxygen atoms in total. The number of nitrogens with one attached hydrogen (secondary N) is 2. The minimum Gasteiger partial charge on any atom is -0.390 e.